The lowest BCUT2D eigenvalue weighted by Gasteiger charge is -2.26. The lowest BCUT2D eigenvalue weighted by atomic mass is 10.0. The molecule has 0 saturated heterocycles. The first-order valence-corrected chi connectivity index (χ1v) is 6.53. The number of rotatable bonds is 4. The fourth-order valence-corrected chi connectivity index (χ4v) is 2.51. The molecule has 0 aromatic carbocycles. The molecule has 0 amide bonds. The molecule has 4 nitrogen and oxygen atoms in total. The first kappa shape index (κ1) is 12.1. The van der Waals surface area contributed by atoms with Gasteiger partial charge in [0.1, 0.15) is 17.5 Å². The van der Waals surface area contributed by atoms with Crippen LogP contribution >= 0.6 is 0 Å². The highest BCUT2D eigenvalue weighted by Gasteiger charge is 2.28. The number of nitrogens with two attached hydrogens (primary N) is 1. The van der Waals surface area contributed by atoms with Gasteiger partial charge < -0.3 is 11.1 Å². The Balaban J connectivity index is 2.14. The summed E-state index contributed by atoms with van der Waals surface area (Å²) in [5.74, 6) is 2.29. The van der Waals surface area contributed by atoms with E-state index in [1.165, 1.54) is 25.7 Å². The molecule has 0 bridgehead atoms. The maximum atomic E-state index is 5.82. The Labute approximate surface area is 103 Å². The third-order valence-electron chi connectivity index (χ3n) is 3.40. The van der Waals surface area contributed by atoms with Gasteiger partial charge in [-0.25, -0.2) is 9.97 Å². The summed E-state index contributed by atoms with van der Waals surface area (Å²) in [6.07, 6.45) is 6.94. The van der Waals surface area contributed by atoms with Crippen LogP contribution in [-0.2, 0) is 6.42 Å². The molecule has 17 heavy (non-hydrogen) atoms. The van der Waals surface area contributed by atoms with E-state index in [4.69, 9.17) is 5.73 Å². The molecule has 94 valence electrons. The minimum atomic E-state index is 0.185. The van der Waals surface area contributed by atoms with Crippen LogP contribution in [0, 0.1) is 0 Å². The number of aromatic nitrogens is 2. The van der Waals surface area contributed by atoms with Crippen LogP contribution in [-0.4, -0.2) is 15.5 Å². The van der Waals surface area contributed by atoms with Gasteiger partial charge in [0, 0.05) is 18.0 Å². The molecule has 1 aromatic heterocycles. The van der Waals surface area contributed by atoms with Crippen molar-refractivity contribution < 1.29 is 0 Å². The Morgan fingerprint density at radius 2 is 2.06 bits per heavy atom. The van der Waals surface area contributed by atoms with Gasteiger partial charge in [0.15, 0.2) is 0 Å². The lowest BCUT2D eigenvalue weighted by molar-refractivity contribution is 0.530. The Morgan fingerprint density at radius 1 is 1.35 bits per heavy atom. The molecule has 0 aliphatic heterocycles. The maximum absolute atomic E-state index is 5.82. The molecule has 1 saturated carbocycles. The SMILES string of the molecule is CCCc1nc(N)cc(NC2(C)CCCC2)n1. The van der Waals surface area contributed by atoms with Crippen molar-refractivity contribution in [3.63, 3.8) is 0 Å². The Kier molecular flexibility index (Phi) is 3.50. The Bertz CT molecular complexity index is 383. The van der Waals surface area contributed by atoms with Crippen molar-refractivity contribution in [2.24, 2.45) is 0 Å². The number of nitrogen functional groups attached to an aromatic ring is 1. The van der Waals surface area contributed by atoms with Crippen LogP contribution < -0.4 is 11.1 Å². The van der Waals surface area contributed by atoms with Crippen molar-refractivity contribution >= 4 is 11.6 Å². The van der Waals surface area contributed by atoms with E-state index in [9.17, 15) is 0 Å². The fourth-order valence-electron chi connectivity index (χ4n) is 2.51. The minimum Gasteiger partial charge on any atom is -0.384 e. The second kappa shape index (κ2) is 4.90. The number of hydrogen-bond acceptors (Lipinski definition) is 4. The van der Waals surface area contributed by atoms with Crippen LogP contribution in [0.4, 0.5) is 11.6 Å². The van der Waals surface area contributed by atoms with E-state index >= 15 is 0 Å². The van der Waals surface area contributed by atoms with E-state index in [1.54, 1.807) is 0 Å². The molecule has 1 fully saturated rings. The largest absolute Gasteiger partial charge is 0.384 e. The van der Waals surface area contributed by atoms with Gasteiger partial charge in [0.05, 0.1) is 0 Å². The molecule has 1 heterocycles. The number of hydrogen-bond donors (Lipinski definition) is 2. The highest BCUT2D eigenvalue weighted by atomic mass is 15.1. The monoisotopic (exact) mass is 234 g/mol. The van der Waals surface area contributed by atoms with Gasteiger partial charge in [-0.2, -0.15) is 0 Å². The first-order chi connectivity index (χ1) is 8.11. The van der Waals surface area contributed by atoms with Gasteiger partial charge >= 0.3 is 0 Å². The van der Waals surface area contributed by atoms with Crippen LogP contribution in [0.2, 0.25) is 0 Å². The highest BCUT2D eigenvalue weighted by Crippen LogP contribution is 2.32. The molecule has 1 aliphatic rings. The van der Waals surface area contributed by atoms with Gasteiger partial charge in [-0.3, -0.25) is 0 Å². The molecule has 0 radical (unpaired) electrons. The van der Waals surface area contributed by atoms with Crippen LogP contribution in [0.1, 0.15) is 51.8 Å². The zero-order chi connectivity index (χ0) is 12.3. The minimum absolute atomic E-state index is 0.185. The average Bonchev–Trinajstić information content (AvgIpc) is 2.64. The van der Waals surface area contributed by atoms with Crippen molar-refractivity contribution in [2.45, 2.75) is 57.9 Å². The highest BCUT2D eigenvalue weighted by molar-refractivity contribution is 5.46. The van der Waals surface area contributed by atoms with Gasteiger partial charge in [-0.05, 0) is 26.2 Å². The molecule has 0 atom stereocenters. The van der Waals surface area contributed by atoms with Crippen LogP contribution in [0.5, 0.6) is 0 Å². The predicted octanol–water partition coefficient (Wildman–Crippen LogP) is 2.76. The number of nitrogens with one attached hydrogen (secondary N) is 1. The third kappa shape index (κ3) is 3.08. The molecule has 0 unspecified atom stereocenters. The van der Waals surface area contributed by atoms with Gasteiger partial charge in [-0.1, -0.05) is 19.8 Å². The molecular formula is C13H22N4. The van der Waals surface area contributed by atoms with E-state index in [0.29, 0.717) is 5.82 Å². The van der Waals surface area contributed by atoms with E-state index in [2.05, 4.69) is 29.1 Å². The summed E-state index contributed by atoms with van der Waals surface area (Å²) >= 11 is 0. The molecular weight excluding hydrogens is 212 g/mol. The Hall–Kier alpha value is -1.32. The second-order valence-corrected chi connectivity index (χ2v) is 5.24. The lowest BCUT2D eigenvalue weighted by Crippen LogP contribution is -2.31. The van der Waals surface area contributed by atoms with Crippen molar-refractivity contribution in [2.75, 3.05) is 11.1 Å². The van der Waals surface area contributed by atoms with Crippen molar-refractivity contribution in [3.8, 4) is 0 Å². The zero-order valence-corrected chi connectivity index (χ0v) is 10.8. The van der Waals surface area contributed by atoms with E-state index in [0.717, 1.165) is 24.5 Å². The molecule has 4 heteroatoms. The van der Waals surface area contributed by atoms with E-state index in [-0.39, 0.29) is 5.54 Å². The van der Waals surface area contributed by atoms with Crippen LogP contribution in [0.15, 0.2) is 6.07 Å². The molecule has 0 spiro atoms. The maximum Gasteiger partial charge on any atom is 0.133 e. The normalized spacial score (nSPS) is 18.2. The van der Waals surface area contributed by atoms with Gasteiger partial charge in [0.25, 0.3) is 0 Å². The van der Waals surface area contributed by atoms with Gasteiger partial charge in [-0.15, -0.1) is 0 Å². The molecule has 1 aliphatic carbocycles. The summed E-state index contributed by atoms with van der Waals surface area (Å²) in [6, 6.07) is 1.84. The standard InChI is InChI=1S/C13H22N4/c1-3-6-11-15-10(14)9-12(16-11)17-13(2)7-4-5-8-13/h9H,3-8H2,1-2H3,(H3,14,15,16,17). The summed E-state index contributed by atoms with van der Waals surface area (Å²) in [6.45, 7) is 4.38. The van der Waals surface area contributed by atoms with E-state index in [1.807, 2.05) is 6.07 Å². The molecule has 3 N–H and O–H groups in total. The number of anilines is 2. The van der Waals surface area contributed by atoms with E-state index < -0.39 is 0 Å². The average molecular weight is 234 g/mol. The second-order valence-electron chi connectivity index (χ2n) is 5.24. The van der Waals surface area contributed by atoms with Crippen LogP contribution in [0.3, 0.4) is 0 Å². The van der Waals surface area contributed by atoms with Crippen LogP contribution in [0.25, 0.3) is 0 Å². The van der Waals surface area contributed by atoms with Crippen molar-refractivity contribution in [3.05, 3.63) is 11.9 Å². The first-order valence-electron chi connectivity index (χ1n) is 6.53. The van der Waals surface area contributed by atoms with Crippen molar-refractivity contribution in [1.29, 1.82) is 0 Å². The van der Waals surface area contributed by atoms with Gasteiger partial charge in [0.2, 0.25) is 0 Å². The summed E-state index contributed by atoms with van der Waals surface area (Å²) in [5, 5.41) is 3.53. The zero-order valence-electron chi connectivity index (χ0n) is 10.8. The predicted molar refractivity (Wildman–Crippen MR) is 70.9 cm³/mol. The summed E-state index contributed by atoms with van der Waals surface area (Å²) in [4.78, 5) is 8.78. The summed E-state index contributed by atoms with van der Waals surface area (Å²) in [5.41, 5.74) is 6.00. The third-order valence-corrected chi connectivity index (χ3v) is 3.40. The Morgan fingerprint density at radius 3 is 2.71 bits per heavy atom. The quantitative estimate of drug-likeness (QED) is 0.840. The number of nitrogens with zero attached hydrogens (tertiary/aromatic N) is 2. The topological polar surface area (TPSA) is 63.8 Å². The van der Waals surface area contributed by atoms with Crippen molar-refractivity contribution in [1.82, 2.24) is 9.97 Å². The smallest absolute Gasteiger partial charge is 0.133 e. The fraction of sp³-hybridized carbons (Fsp3) is 0.692. The molecule has 1 aromatic rings. The molecule has 2 rings (SSSR count). The summed E-state index contributed by atoms with van der Waals surface area (Å²) < 4.78 is 0. The number of aryl methyl sites for hydroxylation is 1. The summed E-state index contributed by atoms with van der Waals surface area (Å²) in [7, 11) is 0.